The summed E-state index contributed by atoms with van der Waals surface area (Å²) in [7, 11) is 0. The highest BCUT2D eigenvalue weighted by molar-refractivity contribution is 7.80. The van der Waals surface area contributed by atoms with Gasteiger partial charge in [0.05, 0.1) is 0 Å². The Morgan fingerprint density at radius 1 is 1.75 bits per heavy atom. The van der Waals surface area contributed by atoms with Crippen LogP contribution < -0.4 is 0 Å². The number of Topliss-reactive ketones (excluding diaryl/α,β-unsaturated/α-hetero) is 1. The standard InChI is InChI=1S/C10H14OS/c1-2-10(11)9-5-3-8(7-12)4-6-9/h3-5,9,12H,2,6-7H2,1H3. The van der Waals surface area contributed by atoms with Crippen LogP contribution in [0.5, 0.6) is 0 Å². The molecule has 1 rings (SSSR count). The minimum atomic E-state index is 0.124. The van der Waals surface area contributed by atoms with Gasteiger partial charge in [-0.2, -0.15) is 12.6 Å². The lowest BCUT2D eigenvalue weighted by molar-refractivity contribution is -0.121. The molecule has 0 heterocycles. The number of thiol groups is 1. The first-order chi connectivity index (χ1) is 5.77. The van der Waals surface area contributed by atoms with E-state index in [0.29, 0.717) is 12.2 Å². The van der Waals surface area contributed by atoms with Crippen LogP contribution in [-0.4, -0.2) is 11.5 Å². The van der Waals surface area contributed by atoms with Gasteiger partial charge in [0, 0.05) is 18.1 Å². The lowest BCUT2D eigenvalue weighted by Gasteiger charge is -2.12. The summed E-state index contributed by atoms with van der Waals surface area (Å²) in [4.78, 5) is 11.3. The van der Waals surface area contributed by atoms with Crippen molar-refractivity contribution in [1.82, 2.24) is 0 Å². The third-order valence-electron chi connectivity index (χ3n) is 2.12. The van der Waals surface area contributed by atoms with Crippen molar-refractivity contribution < 1.29 is 4.79 Å². The minimum absolute atomic E-state index is 0.124. The molecule has 0 fully saturated rings. The summed E-state index contributed by atoms with van der Waals surface area (Å²) in [5.74, 6) is 1.23. The quantitative estimate of drug-likeness (QED) is 0.663. The summed E-state index contributed by atoms with van der Waals surface area (Å²) < 4.78 is 0. The van der Waals surface area contributed by atoms with Gasteiger partial charge in [-0.1, -0.05) is 25.2 Å². The summed E-state index contributed by atoms with van der Waals surface area (Å²) in [6, 6.07) is 0. The van der Waals surface area contributed by atoms with E-state index in [0.717, 1.165) is 12.2 Å². The molecule has 1 atom stereocenters. The molecule has 0 aromatic heterocycles. The number of hydrogen-bond acceptors (Lipinski definition) is 2. The molecule has 2 heteroatoms. The Bertz CT molecular complexity index is 228. The van der Waals surface area contributed by atoms with Gasteiger partial charge in [0.1, 0.15) is 5.78 Å². The third-order valence-corrected chi connectivity index (χ3v) is 2.49. The van der Waals surface area contributed by atoms with Gasteiger partial charge < -0.3 is 0 Å². The topological polar surface area (TPSA) is 17.1 Å². The van der Waals surface area contributed by atoms with Gasteiger partial charge in [0.2, 0.25) is 0 Å². The van der Waals surface area contributed by atoms with E-state index in [-0.39, 0.29) is 5.92 Å². The van der Waals surface area contributed by atoms with E-state index in [1.807, 2.05) is 19.1 Å². The Morgan fingerprint density at radius 2 is 2.50 bits per heavy atom. The molecule has 0 amide bonds. The van der Waals surface area contributed by atoms with Gasteiger partial charge in [-0.15, -0.1) is 0 Å². The number of rotatable bonds is 3. The predicted molar refractivity (Wildman–Crippen MR) is 54.5 cm³/mol. The summed E-state index contributed by atoms with van der Waals surface area (Å²) in [6.07, 6.45) is 7.61. The first kappa shape index (κ1) is 9.59. The van der Waals surface area contributed by atoms with Crippen molar-refractivity contribution in [2.45, 2.75) is 19.8 Å². The molecular weight excluding hydrogens is 168 g/mol. The molecule has 0 saturated heterocycles. The second kappa shape index (κ2) is 4.51. The average molecular weight is 182 g/mol. The van der Waals surface area contributed by atoms with Crippen molar-refractivity contribution in [3.63, 3.8) is 0 Å². The van der Waals surface area contributed by atoms with E-state index in [1.165, 1.54) is 5.57 Å². The van der Waals surface area contributed by atoms with Crippen LogP contribution in [0.2, 0.25) is 0 Å². The van der Waals surface area contributed by atoms with Crippen molar-refractivity contribution in [2.75, 3.05) is 5.75 Å². The van der Waals surface area contributed by atoms with Crippen LogP contribution in [0.1, 0.15) is 19.8 Å². The smallest absolute Gasteiger partial charge is 0.139 e. The fraction of sp³-hybridized carbons (Fsp3) is 0.500. The molecule has 1 aliphatic carbocycles. The maximum Gasteiger partial charge on any atom is 0.139 e. The van der Waals surface area contributed by atoms with E-state index < -0.39 is 0 Å². The van der Waals surface area contributed by atoms with E-state index >= 15 is 0 Å². The van der Waals surface area contributed by atoms with Crippen LogP contribution in [0.25, 0.3) is 0 Å². The fourth-order valence-corrected chi connectivity index (χ4v) is 1.52. The van der Waals surface area contributed by atoms with E-state index in [2.05, 4.69) is 18.7 Å². The normalized spacial score (nSPS) is 22.2. The highest BCUT2D eigenvalue weighted by Crippen LogP contribution is 2.18. The molecule has 0 aromatic carbocycles. The van der Waals surface area contributed by atoms with Crippen LogP contribution in [0.15, 0.2) is 23.8 Å². The second-order valence-corrected chi connectivity index (χ2v) is 3.27. The van der Waals surface area contributed by atoms with Gasteiger partial charge in [0.25, 0.3) is 0 Å². The molecule has 0 bridgehead atoms. The lowest BCUT2D eigenvalue weighted by atomic mass is 9.92. The Kier molecular flexibility index (Phi) is 3.60. The predicted octanol–water partition coefficient (Wildman–Crippen LogP) is 2.40. The molecule has 0 aliphatic heterocycles. The van der Waals surface area contributed by atoms with Crippen LogP contribution >= 0.6 is 12.6 Å². The van der Waals surface area contributed by atoms with Crippen molar-refractivity contribution in [3.8, 4) is 0 Å². The Hall–Kier alpha value is -0.500. The van der Waals surface area contributed by atoms with Gasteiger partial charge in [-0.25, -0.2) is 0 Å². The Morgan fingerprint density at radius 3 is 2.92 bits per heavy atom. The Balaban J connectivity index is 2.53. The molecule has 0 spiro atoms. The highest BCUT2D eigenvalue weighted by Gasteiger charge is 2.14. The van der Waals surface area contributed by atoms with Gasteiger partial charge >= 0.3 is 0 Å². The zero-order chi connectivity index (χ0) is 8.97. The minimum Gasteiger partial charge on any atom is -0.299 e. The molecular formula is C10H14OS. The van der Waals surface area contributed by atoms with Crippen LogP contribution in [-0.2, 0) is 4.79 Å². The zero-order valence-corrected chi connectivity index (χ0v) is 8.18. The lowest BCUT2D eigenvalue weighted by Crippen LogP contribution is -2.12. The summed E-state index contributed by atoms with van der Waals surface area (Å²) in [6.45, 7) is 1.91. The van der Waals surface area contributed by atoms with E-state index in [9.17, 15) is 4.79 Å². The summed E-state index contributed by atoms with van der Waals surface area (Å²) in [5, 5.41) is 0. The van der Waals surface area contributed by atoms with Crippen molar-refractivity contribution in [2.24, 2.45) is 5.92 Å². The largest absolute Gasteiger partial charge is 0.299 e. The molecule has 0 saturated carbocycles. The highest BCUT2D eigenvalue weighted by atomic mass is 32.1. The molecule has 1 unspecified atom stereocenters. The number of ketones is 1. The Labute approximate surface area is 79.0 Å². The maximum atomic E-state index is 11.3. The average Bonchev–Trinajstić information content (AvgIpc) is 2.17. The molecule has 66 valence electrons. The number of carbonyl (C=O) groups excluding carboxylic acids is 1. The van der Waals surface area contributed by atoms with E-state index in [4.69, 9.17) is 0 Å². The molecule has 0 radical (unpaired) electrons. The van der Waals surface area contributed by atoms with Crippen LogP contribution in [0, 0.1) is 5.92 Å². The third kappa shape index (κ3) is 2.24. The summed E-state index contributed by atoms with van der Waals surface area (Å²) >= 11 is 4.16. The number of allylic oxidation sites excluding steroid dienone is 3. The van der Waals surface area contributed by atoms with Crippen molar-refractivity contribution >= 4 is 18.4 Å². The number of hydrogen-bond donors (Lipinski definition) is 1. The zero-order valence-electron chi connectivity index (χ0n) is 7.29. The maximum absolute atomic E-state index is 11.3. The fourth-order valence-electron chi connectivity index (χ4n) is 1.28. The van der Waals surface area contributed by atoms with Crippen molar-refractivity contribution in [3.05, 3.63) is 23.8 Å². The monoisotopic (exact) mass is 182 g/mol. The van der Waals surface area contributed by atoms with E-state index in [1.54, 1.807) is 0 Å². The molecule has 1 aliphatic rings. The van der Waals surface area contributed by atoms with Gasteiger partial charge in [-0.3, -0.25) is 4.79 Å². The molecule has 12 heavy (non-hydrogen) atoms. The molecule has 1 nitrogen and oxygen atoms in total. The summed E-state index contributed by atoms with van der Waals surface area (Å²) in [5.41, 5.74) is 1.22. The second-order valence-electron chi connectivity index (χ2n) is 2.96. The first-order valence-corrected chi connectivity index (χ1v) is 4.92. The first-order valence-electron chi connectivity index (χ1n) is 4.28. The molecule has 0 aromatic rings. The van der Waals surface area contributed by atoms with Gasteiger partial charge in [-0.05, 0) is 12.0 Å². The van der Waals surface area contributed by atoms with Gasteiger partial charge in [0.15, 0.2) is 0 Å². The van der Waals surface area contributed by atoms with Crippen LogP contribution in [0.4, 0.5) is 0 Å². The van der Waals surface area contributed by atoms with Crippen molar-refractivity contribution in [1.29, 1.82) is 0 Å². The number of carbonyl (C=O) groups is 1. The molecule has 0 N–H and O–H groups in total. The van der Waals surface area contributed by atoms with Crippen LogP contribution in [0.3, 0.4) is 0 Å². The SMILES string of the molecule is CCC(=O)C1C=CC(CS)=CC1.